The third kappa shape index (κ3) is 44.1. The lowest BCUT2D eigenvalue weighted by molar-refractivity contribution is -0.346. The number of benzene rings is 2. The largest absolute Gasteiger partial charge is 0.508 e. The highest BCUT2D eigenvalue weighted by atomic mass is 16.7. The summed E-state index contributed by atoms with van der Waals surface area (Å²) in [5, 5.41) is 8.76. The van der Waals surface area contributed by atoms with E-state index in [0.717, 1.165) is 25.5 Å². The van der Waals surface area contributed by atoms with Crippen LogP contribution in [0.5, 0.6) is 5.75 Å². The molecule has 11 rings (SSSR count). The number of nitrogens with zero attached hydrogens (tertiary/aromatic N) is 3. The van der Waals surface area contributed by atoms with E-state index < -0.39 is 75.6 Å². The Balaban J connectivity index is 0.000000839. The zero-order chi connectivity index (χ0) is 108. The first-order valence-electron chi connectivity index (χ1n) is 55.1. The number of hydrogen-bond donors (Lipinski definition) is 1. The van der Waals surface area contributed by atoms with Crippen LogP contribution in [0.2, 0.25) is 0 Å². The van der Waals surface area contributed by atoms with Gasteiger partial charge < -0.3 is 52.5 Å². The van der Waals surface area contributed by atoms with Crippen LogP contribution in [0.3, 0.4) is 0 Å². The van der Waals surface area contributed by atoms with Crippen LogP contribution in [0.1, 0.15) is 460 Å². The Morgan fingerprint density at radius 2 is 0.624 bits per heavy atom. The van der Waals surface area contributed by atoms with Crippen molar-refractivity contribution in [1.82, 2.24) is 13.7 Å². The van der Waals surface area contributed by atoms with E-state index in [1.54, 1.807) is 217 Å². The van der Waals surface area contributed by atoms with Gasteiger partial charge in [-0.25, -0.2) is 28.1 Å². The summed E-state index contributed by atoms with van der Waals surface area (Å²) in [5.74, 6) is 11.4. The predicted octanol–water partition coefficient (Wildman–Crippen LogP) is 27.8. The maximum Gasteiger partial charge on any atom is 0.336 e. The second-order valence-corrected chi connectivity index (χ2v) is 47.2. The molecule has 6 aliphatic carbocycles. The van der Waals surface area contributed by atoms with Gasteiger partial charge in [0.2, 0.25) is 0 Å². The van der Waals surface area contributed by atoms with Crippen molar-refractivity contribution in [1.29, 1.82) is 0 Å². The lowest BCUT2D eigenvalue weighted by Gasteiger charge is -2.48. The Kier molecular flexibility index (Phi) is 60.5. The molecule has 8 fully saturated rings. The molecule has 6 saturated carbocycles. The molecule has 23 heteroatoms. The fourth-order valence-corrected chi connectivity index (χ4v) is 20.2. The van der Waals surface area contributed by atoms with E-state index in [0.29, 0.717) is 86.9 Å². The summed E-state index contributed by atoms with van der Waals surface area (Å²) < 4.78 is 59.9. The number of carbonyl (C=O) groups is 6. The second kappa shape index (κ2) is 64.4. The van der Waals surface area contributed by atoms with Crippen molar-refractivity contribution in [3.8, 4) is 5.75 Å². The van der Waals surface area contributed by atoms with Crippen molar-refractivity contribution in [2.75, 3.05) is 52.9 Å². The van der Waals surface area contributed by atoms with Gasteiger partial charge in [-0.1, -0.05) is 231 Å². The van der Waals surface area contributed by atoms with Gasteiger partial charge in [0.1, 0.15) is 37.6 Å². The molecule has 816 valence electrons. The molecular weight excluding hydrogens is 1780 g/mol. The number of ether oxygens (including phenoxy) is 10. The molecule has 1 spiro atoms. The number of aromatic hydroxyl groups is 1. The lowest BCUT2D eigenvalue weighted by atomic mass is 9.78. The average molecular weight is 1990 g/mol. The zero-order valence-electron chi connectivity index (χ0n) is 97.3. The molecule has 23 nitrogen and oxygen atoms in total. The number of rotatable bonds is 31. The van der Waals surface area contributed by atoms with Crippen LogP contribution in [-0.4, -0.2) is 131 Å². The highest BCUT2D eigenvalue weighted by Gasteiger charge is 2.52. The molecular formula is C118H209N3O20. The van der Waals surface area contributed by atoms with Crippen LogP contribution < -0.4 is 17.1 Å². The van der Waals surface area contributed by atoms with Gasteiger partial charge in [-0.3, -0.25) is 28.8 Å². The molecule has 8 atom stereocenters. The summed E-state index contributed by atoms with van der Waals surface area (Å²) in [6.45, 7) is 84.7. The topological polar surface area (TPSA) is 281 Å². The van der Waals surface area contributed by atoms with Crippen molar-refractivity contribution in [3.63, 3.8) is 0 Å². The van der Waals surface area contributed by atoms with E-state index in [2.05, 4.69) is 104 Å². The molecule has 3 heterocycles. The fraction of sp³-hybridized carbons (Fsp3) is 0.822. The van der Waals surface area contributed by atoms with Crippen molar-refractivity contribution in [2.24, 2.45) is 106 Å². The van der Waals surface area contributed by atoms with Crippen molar-refractivity contribution >= 4 is 35.8 Å². The number of phenols is 1. The first-order chi connectivity index (χ1) is 65.6. The number of aryl methyl sites for hydroxylation is 1. The van der Waals surface area contributed by atoms with Crippen molar-refractivity contribution in [3.05, 3.63) is 94.7 Å². The number of phenolic OH excluding ortho intramolecular Hbond substituents is 1. The Bertz CT molecular complexity index is 3870. The molecule has 141 heavy (non-hydrogen) atoms. The number of esters is 6. The summed E-state index contributed by atoms with van der Waals surface area (Å²) in [4.78, 5) is 110. The first-order valence-corrected chi connectivity index (χ1v) is 55.1. The molecule has 0 amide bonds. The summed E-state index contributed by atoms with van der Waals surface area (Å²) in [5.41, 5.74) is 5.41. The molecule has 8 unspecified atom stereocenters. The Morgan fingerprint density at radius 3 is 0.830 bits per heavy atom. The number of hydrogen-bond acceptors (Lipinski definition) is 20. The number of carbonyl (C=O) groups excluding carboxylic acids is 6. The second-order valence-electron chi connectivity index (χ2n) is 47.2. The minimum atomic E-state index is -1.20. The van der Waals surface area contributed by atoms with E-state index in [1.165, 1.54) is 76.0 Å². The molecule has 3 aromatic rings. The van der Waals surface area contributed by atoms with Gasteiger partial charge in [-0.05, 0) is 321 Å². The third-order valence-electron chi connectivity index (χ3n) is 27.8. The first kappa shape index (κ1) is 132. The highest BCUT2D eigenvalue weighted by molar-refractivity contribution is 5.73. The van der Waals surface area contributed by atoms with Crippen molar-refractivity contribution in [2.45, 2.75) is 472 Å². The van der Waals surface area contributed by atoms with Gasteiger partial charge in [0.15, 0.2) is 23.8 Å². The maximum atomic E-state index is 12.3. The minimum absolute atomic E-state index is 0.204. The van der Waals surface area contributed by atoms with Crippen LogP contribution in [0.4, 0.5) is 0 Å². The molecule has 2 aliphatic heterocycles. The molecule has 4 bridgehead atoms. The maximum absolute atomic E-state index is 12.3. The SMILES string of the molecule is C1CC2C3CCC(C3)C2C1.C1CC2C3CCC(C3)C2C1.CC.CC.CC(C)C.CC(C)C(=O)OC(C)(C)C1OCC2(CO1)COC(C(C)(C)OC(=O)C(C)C)OC2.CC(C)CCC(=O)OCC(COC(=O)CCC(C)C)(COC(=O)CCC(C)C)COC(=O)C(C)C.CC(C)n1c(=O)n(C(C)C)c(=O)n(C(C)C)c1=O.CCC(C)C.Cc1c(C(C)C)c(C)c(C(C)C)c(C)c1C(C)C.Cc1ccc(O)cc1. The molecule has 1 N–H and O–H groups in total. The van der Waals surface area contributed by atoms with E-state index in [9.17, 15) is 43.2 Å². The van der Waals surface area contributed by atoms with E-state index >= 15 is 0 Å². The van der Waals surface area contributed by atoms with Crippen LogP contribution in [-0.2, 0) is 76.1 Å². The van der Waals surface area contributed by atoms with Gasteiger partial charge in [0.25, 0.3) is 0 Å². The Morgan fingerprint density at radius 1 is 0.383 bits per heavy atom. The van der Waals surface area contributed by atoms with E-state index in [1.807, 2.05) is 88.3 Å². The number of fused-ring (bicyclic) bond motifs is 10. The van der Waals surface area contributed by atoms with Crippen LogP contribution in [0, 0.1) is 133 Å². The molecule has 0 radical (unpaired) electrons. The third-order valence-corrected chi connectivity index (χ3v) is 27.8. The molecule has 1 aromatic heterocycles. The summed E-state index contributed by atoms with van der Waals surface area (Å²) in [7, 11) is 0. The van der Waals surface area contributed by atoms with E-state index in [-0.39, 0.29) is 93.5 Å². The normalized spacial score (nSPS) is 21.2. The van der Waals surface area contributed by atoms with Crippen LogP contribution in [0.25, 0.3) is 0 Å². The van der Waals surface area contributed by atoms with Crippen LogP contribution in [0.15, 0.2) is 38.6 Å². The summed E-state index contributed by atoms with van der Waals surface area (Å²) >= 11 is 0. The molecule has 8 aliphatic rings. The zero-order valence-corrected chi connectivity index (χ0v) is 97.3. The van der Waals surface area contributed by atoms with Gasteiger partial charge >= 0.3 is 52.9 Å². The Hall–Kier alpha value is -6.69. The number of aromatic nitrogens is 3. The smallest absolute Gasteiger partial charge is 0.336 e. The van der Waals surface area contributed by atoms with E-state index in [4.69, 9.17) is 52.5 Å². The predicted molar refractivity (Wildman–Crippen MR) is 575 cm³/mol. The van der Waals surface area contributed by atoms with Gasteiger partial charge in [0, 0.05) is 37.4 Å². The standard InChI is InChI=1S/C27H48O8.C21H36O8.C18H30.C12H21N3O3.2C10H16.C7H8O.C5H12.C4H10.2C2H6/c1-19(2)9-12-23(28)32-15-27(18-35-26(31)22(7)8,16-33-24(29)13-10-20(3)4)17-34-25(30)14-11-21(5)6;1-13(2)15(22)28-19(5,6)17-24-9-21(10-25-17)11-26-18(27-12-21)20(7,8)29-16(23)14(3)4;1-10(2)16-13(7)17(11(3)4)15(9)18(12(5)6)14(16)8;1-7(2)13-10(16)14(8(3)4)12(18)15(9(5)6)11(13)17;2*1-2-9-7-4-5-8(6-7)10(9)3-1;1-6-2-4-7(8)5-3-6;1-4-5(2)3;1-4(2)3;2*1-2/h19-22H,9-18H2,1-8H3;13-14,17-18H,9-12H2,1-8H3;10-12H,1-9H3;7-9H,1-6H3;2*7-10H,1-6H2;2-5,8H,1H3;5H,4H2,1-3H3;4H,1-3H3;2*1-2H3. The van der Waals surface area contributed by atoms with Crippen LogP contribution >= 0.6 is 0 Å². The fourth-order valence-electron chi connectivity index (χ4n) is 20.2. The highest BCUT2D eigenvalue weighted by Crippen LogP contribution is 2.60. The summed E-state index contributed by atoms with van der Waals surface area (Å²) in [6.07, 6.45) is 21.8. The van der Waals surface area contributed by atoms with Gasteiger partial charge in [0.05, 0.1) is 49.6 Å². The molecule has 2 aromatic carbocycles. The molecule has 2 saturated heterocycles. The quantitative estimate of drug-likeness (QED) is 0.0463. The van der Waals surface area contributed by atoms with Gasteiger partial charge in [-0.15, -0.1) is 0 Å². The monoisotopic (exact) mass is 1990 g/mol. The Labute approximate surface area is 857 Å². The van der Waals surface area contributed by atoms with Gasteiger partial charge in [-0.2, -0.15) is 0 Å². The lowest BCUT2D eigenvalue weighted by Crippen LogP contribution is -2.59. The minimum Gasteiger partial charge on any atom is -0.508 e. The van der Waals surface area contributed by atoms with Crippen molar-refractivity contribution < 1.29 is 81.2 Å². The average Bonchev–Trinajstić information content (AvgIpc) is 1.60. The summed E-state index contributed by atoms with van der Waals surface area (Å²) in [6, 6.07) is 6.26.